The molecule has 1 aliphatic heterocycles. The van der Waals surface area contributed by atoms with Gasteiger partial charge in [0.2, 0.25) is 5.91 Å². The number of nitrogens with zero attached hydrogens (tertiary/aromatic N) is 2. The zero-order valence-corrected chi connectivity index (χ0v) is 13.9. The van der Waals surface area contributed by atoms with E-state index in [2.05, 4.69) is 34.4 Å². The molecule has 2 N–H and O–H groups in total. The van der Waals surface area contributed by atoms with Crippen LogP contribution in [0.1, 0.15) is 18.5 Å². The smallest absolute Gasteiger partial charge is 0.242 e. The first-order valence-electron chi connectivity index (χ1n) is 8.04. The Kier molecular flexibility index (Phi) is 6.36. The topological polar surface area (TPSA) is 47.6 Å². The molecule has 0 aliphatic carbocycles. The minimum absolute atomic E-state index is 0.0952. The van der Waals surface area contributed by atoms with E-state index >= 15 is 0 Å². The van der Waals surface area contributed by atoms with E-state index in [0.29, 0.717) is 6.54 Å². The summed E-state index contributed by atoms with van der Waals surface area (Å²) >= 11 is 0. The number of carbonyl (C=O) groups excluding carboxylic acids is 1. The Bertz CT molecular complexity index is 457. The Hall–Kier alpha value is -1.43. The number of nitrogens with one attached hydrogen (secondary N) is 2. The molecular formula is C17H28N4O. The summed E-state index contributed by atoms with van der Waals surface area (Å²) in [5.74, 6) is 0.0952. The van der Waals surface area contributed by atoms with E-state index in [4.69, 9.17) is 0 Å². The van der Waals surface area contributed by atoms with Crippen molar-refractivity contribution in [3.8, 4) is 0 Å². The van der Waals surface area contributed by atoms with E-state index in [1.165, 1.54) is 0 Å². The molecular weight excluding hydrogens is 276 g/mol. The number of hydrogen-bond donors (Lipinski definition) is 2. The quantitative estimate of drug-likeness (QED) is 0.812. The number of carbonyl (C=O) groups is 1. The average molecular weight is 304 g/mol. The van der Waals surface area contributed by atoms with E-state index in [-0.39, 0.29) is 18.0 Å². The summed E-state index contributed by atoms with van der Waals surface area (Å²) in [5.41, 5.74) is 1.07. The zero-order chi connectivity index (χ0) is 15.9. The first-order chi connectivity index (χ1) is 10.6. The van der Waals surface area contributed by atoms with Gasteiger partial charge in [0, 0.05) is 38.8 Å². The second-order valence-corrected chi connectivity index (χ2v) is 6.09. The molecule has 22 heavy (non-hydrogen) atoms. The Morgan fingerprint density at radius 2 is 1.82 bits per heavy atom. The van der Waals surface area contributed by atoms with Crippen LogP contribution in [0, 0.1) is 0 Å². The van der Waals surface area contributed by atoms with Crippen LogP contribution in [0.5, 0.6) is 0 Å². The molecule has 1 aromatic rings. The van der Waals surface area contributed by atoms with Gasteiger partial charge in [0.25, 0.3) is 0 Å². The third-order valence-corrected chi connectivity index (χ3v) is 4.34. The minimum Gasteiger partial charge on any atom is -0.353 e. The lowest BCUT2D eigenvalue weighted by Crippen LogP contribution is -2.50. The largest absolute Gasteiger partial charge is 0.353 e. The van der Waals surface area contributed by atoms with Crippen molar-refractivity contribution >= 4 is 5.91 Å². The fraction of sp³-hybridized carbons (Fsp3) is 0.588. The van der Waals surface area contributed by atoms with Gasteiger partial charge in [-0.25, -0.2) is 0 Å². The lowest BCUT2D eigenvalue weighted by atomic mass is 10.0. The maximum absolute atomic E-state index is 12.8. The van der Waals surface area contributed by atoms with Gasteiger partial charge < -0.3 is 15.5 Å². The van der Waals surface area contributed by atoms with E-state index in [1.54, 1.807) is 0 Å². The Morgan fingerprint density at radius 3 is 2.41 bits per heavy atom. The lowest BCUT2D eigenvalue weighted by molar-refractivity contribution is -0.127. The van der Waals surface area contributed by atoms with Gasteiger partial charge in [0.1, 0.15) is 6.04 Å². The second kappa shape index (κ2) is 8.27. The van der Waals surface area contributed by atoms with Crippen LogP contribution in [-0.4, -0.2) is 68.6 Å². The van der Waals surface area contributed by atoms with E-state index in [1.807, 2.05) is 37.4 Å². The van der Waals surface area contributed by atoms with Crippen molar-refractivity contribution in [3.05, 3.63) is 35.9 Å². The molecule has 1 heterocycles. The van der Waals surface area contributed by atoms with Gasteiger partial charge in [0.05, 0.1) is 0 Å². The molecule has 0 bridgehead atoms. The van der Waals surface area contributed by atoms with Gasteiger partial charge in [-0.3, -0.25) is 9.69 Å². The van der Waals surface area contributed by atoms with Crippen molar-refractivity contribution in [1.82, 2.24) is 20.4 Å². The van der Waals surface area contributed by atoms with Crippen molar-refractivity contribution in [3.63, 3.8) is 0 Å². The summed E-state index contributed by atoms with van der Waals surface area (Å²) in [6.45, 7) is 6.56. The van der Waals surface area contributed by atoms with Gasteiger partial charge in [-0.15, -0.1) is 0 Å². The summed E-state index contributed by atoms with van der Waals surface area (Å²) in [7, 11) is 4.04. The Labute approximate surface area is 133 Å². The monoisotopic (exact) mass is 304 g/mol. The molecule has 1 fully saturated rings. The predicted molar refractivity (Wildman–Crippen MR) is 89.8 cm³/mol. The van der Waals surface area contributed by atoms with Crippen molar-refractivity contribution < 1.29 is 4.79 Å². The summed E-state index contributed by atoms with van der Waals surface area (Å²) < 4.78 is 0. The van der Waals surface area contributed by atoms with Crippen LogP contribution < -0.4 is 10.6 Å². The first kappa shape index (κ1) is 16.9. The van der Waals surface area contributed by atoms with Crippen LogP contribution in [-0.2, 0) is 4.79 Å². The fourth-order valence-electron chi connectivity index (χ4n) is 2.70. The molecule has 0 radical (unpaired) electrons. The van der Waals surface area contributed by atoms with Crippen LogP contribution in [0.3, 0.4) is 0 Å². The van der Waals surface area contributed by atoms with Crippen molar-refractivity contribution in [1.29, 1.82) is 0 Å². The molecule has 0 aromatic heterocycles. The third kappa shape index (κ3) is 4.53. The van der Waals surface area contributed by atoms with Crippen molar-refractivity contribution in [2.24, 2.45) is 0 Å². The first-order valence-corrected chi connectivity index (χ1v) is 8.04. The van der Waals surface area contributed by atoms with E-state index in [9.17, 15) is 4.79 Å². The van der Waals surface area contributed by atoms with E-state index < -0.39 is 0 Å². The lowest BCUT2D eigenvalue weighted by Gasteiger charge is -2.37. The molecule has 1 saturated heterocycles. The number of rotatable bonds is 6. The van der Waals surface area contributed by atoms with Crippen LogP contribution in [0.2, 0.25) is 0 Å². The van der Waals surface area contributed by atoms with Crippen LogP contribution in [0.25, 0.3) is 0 Å². The second-order valence-electron chi connectivity index (χ2n) is 6.09. The van der Waals surface area contributed by atoms with Gasteiger partial charge >= 0.3 is 0 Å². The number of likely N-dealkylation sites (N-methyl/N-ethyl adjacent to an activating group) is 2. The van der Waals surface area contributed by atoms with Gasteiger partial charge in [-0.1, -0.05) is 30.3 Å². The van der Waals surface area contributed by atoms with Crippen LogP contribution in [0.4, 0.5) is 0 Å². The molecule has 1 amide bonds. The molecule has 5 heteroatoms. The summed E-state index contributed by atoms with van der Waals surface area (Å²) in [4.78, 5) is 17.3. The molecule has 2 rings (SSSR count). The molecule has 5 nitrogen and oxygen atoms in total. The van der Waals surface area contributed by atoms with Gasteiger partial charge in [0.15, 0.2) is 0 Å². The predicted octanol–water partition coefficient (Wildman–Crippen LogP) is 0.699. The third-order valence-electron chi connectivity index (χ3n) is 4.34. The van der Waals surface area contributed by atoms with E-state index in [0.717, 1.165) is 31.7 Å². The number of benzene rings is 1. The highest BCUT2D eigenvalue weighted by molar-refractivity contribution is 5.83. The highest BCUT2D eigenvalue weighted by Gasteiger charge is 2.29. The average Bonchev–Trinajstić information content (AvgIpc) is 2.55. The molecule has 2 atom stereocenters. The summed E-state index contributed by atoms with van der Waals surface area (Å²) in [6.07, 6.45) is 0. The number of piperazine rings is 1. The van der Waals surface area contributed by atoms with Crippen molar-refractivity contribution in [2.75, 3.05) is 46.8 Å². The van der Waals surface area contributed by atoms with Crippen molar-refractivity contribution in [2.45, 2.75) is 19.0 Å². The Balaban J connectivity index is 2.09. The molecule has 0 saturated carbocycles. The Morgan fingerprint density at radius 1 is 1.18 bits per heavy atom. The molecule has 0 spiro atoms. The SMILES string of the molecule is CNC(C)CNC(=O)C(c1ccccc1)N1CCN(C)CC1. The summed E-state index contributed by atoms with van der Waals surface area (Å²) in [6, 6.07) is 10.2. The number of hydrogen-bond acceptors (Lipinski definition) is 4. The normalized spacial score (nSPS) is 19.6. The highest BCUT2D eigenvalue weighted by Crippen LogP contribution is 2.22. The summed E-state index contributed by atoms with van der Waals surface area (Å²) in [5, 5.41) is 6.23. The number of amides is 1. The van der Waals surface area contributed by atoms with Gasteiger partial charge in [-0.05, 0) is 26.6 Å². The molecule has 122 valence electrons. The van der Waals surface area contributed by atoms with Crippen LogP contribution in [0.15, 0.2) is 30.3 Å². The minimum atomic E-state index is -0.195. The van der Waals surface area contributed by atoms with Crippen LogP contribution >= 0.6 is 0 Å². The molecule has 2 unspecified atom stereocenters. The molecule has 1 aliphatic rings. The zero-order valence-electron chi connectivity index (χ0n) is 13.9. The standard InChI is InChI=1S/C17H28N4O/c1-14(18-2)13-19-17(22)16(15-7-5-4-6-8-15)21-11-9-20(3)10-12-21/h4-8,14,16,18H,9-13H2,1-3H3,(H,19,22). The maximum Gasteiger partial charge on any atom is 0.242 e. The maximum atomic E-state index is 12.8. The highest BCUT2D eigenvalue weighted by atomic mass is 16.2. The fourth-order valence-corrected chi connectivity index (χ4v) is 2.70. The van der Waals surface area contributed by atoms with Gasteiger partial charge in [-0.2, -0.15) is 0 Å². The molecule has 1 aromatic carbocycles.